The summed E-state index contributed by atoms with van der Waals surface area (Å²) in [5.74, 6) is 0.879. The Kier molecular flexibility index (Phi) is 12.1. The maximum atomic E-state index is 5.78. The molecule has 1 atom stereocenters. The molecular formula is C27H41O2P. The zero-order valence-electron chi connectivity index (χ0n) is 19.3. The summed E-state index contributed by atoms with van der Waals surface area (Å²) in [4.78, 5) is 0. The lowest BCUT2D eigenvalue weighted by atomic mass is 9.78. The van der Waals surface area contributed by atoms with Gasteiger partial charge in [0.2, 0.25) is 9.03 Å². The van der Waals surface area contributed by atoms with E-state index in [1.165, 1.54) is 68.9 Å². The minimum atomic E-state index is -0.0198. The van der Waals surface area contributed by atoms with Gasteiger partial charge in [0.1, 0.15) is 5.75 Å². The molecule has 166 valence electrons. The van der Waals surface area contributed by atoms with Crippen LogP contribution in [0.5, 0.6) is 5.75 Å². The van der Waals surface area contributed by atoms with E-state index < -0.39 is 0 Å². The van der Waals surface area contributed by atoms with Crippen molar-refractivity contribution < 1.29 is 9.05 Å². The van der Waals surface area contributed by atoms with Crippen molar-refractivity contribution in [2.75, 3.05) is 6.61 Å². The van der Waals surface area contributed by atoms with Gasteiger partial charge < -0.3 is 9.05 Å². The fourth-order valence-corrected chi connectivity index (χ4v) is 4.26. The lowest BCUT2D eigenvalue weighted by Crippen LogP contribution is -2.18. The Morgan fingerprint density at radius 2 is 1.20 bits per heavy atom. The molecule has 0 spiro atoms. The normalized spacial score (nSPS) is 12.0. The second kappa shape index (κ2) is 14.6. The van der Waals surface area contributed by atoms with Gasteiger partial charge in [0.25, 0.3) is 0 Å². The van der Waals surface area contributed by atoms with Crippen LogP contribution in [-0.2, 0) is 9.94 Å². The van der Waals surface area contributed by atoms with Crippen LogP contribution in [0.1, 0.15) is 96.1 Å². The van der Waals surface area contributed by atoms with Gasteiger partial charge >= 0.3 is 0 Å². The van der Waals surface area contributed by atoms with E-state index in [0.29, 0.717) is 0 Å². The summed E-state index contributed by atoms with van der Waals surface area (Å²) in [7, 11) is 0.0777. The van der Waals surface area contributed by atoms with Crippen LogP contribution in [0.15, 0.2) is 54.6 Å². The summed E-state index contributed by atoms with van der Waals surface area (Å²) in [5.41, 5.74) is 2.59. The third-order valence-electron chi connectivity index (χ3n) is 5.89. The molecule has 3 heteroatoms. The van der Waals surface area contributed by atoms with E-state index in [2.05, 4.69) is 75.4 Å². The first-order valence-corrected chi connectivity index (χ1v) is 12.7. The van der Waals surface area contributed by atoms with Gasteiger partial charge in [-0.2, -0.15) is 0 Å². The van der Waals surface area contributed by atoms with Crippen LogP contribution in [0, 0.1) is 0 Å². The lowest BCUT2D eigenvalue weighted by molar-refractivity contribution is 0.316. The van der Waals surface area contributed by atoms with Crippen LogP contribution in [0.25, 0.3) is 0 Å². The van der Waals surface area contributed by atoms with E-state index >= 15 is 0 Å². The molecule has 0 radical (unpaired) electrons. The van der Waals surface area contributed by atoms with Gasteiger partial charge in [0, 0.05) is 5.41 Å². The summed E-state index contributed by atoms with van der Waals surface area (Å²) in [6.45, 7) is 7.59. The number of unbranched alkanes of at least 4 members (excludes halogenated alkanes) is 9. The Morgan fingerprint density at radius 3 is 1.80 bits per heavy atom. The summed E-state index contributed by atoms with van der Waals surface area (Å²) >= 11 is 0. The lowest BCUT2D eigenvalue weighted by Gasteiger charge is -2.26. The SMILES string of the molecule is CCCCCCCCCCCCOPOc1ccc(C(C)(C)c2ccccc2)cc1. The number of hydrogen-bond donors (Lipinski definition) is 0. The average Bonchev–Trinajstić information content (AvgIpc) is 2.78. The minimum absolute atomic E-state index is 0.0198. The molecule has 2 nitrogen and oxygen atoms in total. The first-order valence-electron chi connectivity index (χ1n) is 11.8. The molecule has 0 aliphatic rings. The number of benzene rings is 2. The van der Waals surface area contributed by atoms with Gasteiger partial charge in [-0.1, -0.05) is 121 Å². The summed E-state index contributed by atoms with van der Waals surface area (Å²) in [5, 5.41) is 0. The van der Waals surface area contributed by atoms with Crippen molar-refractivity contribution in [1.29, 1.82) is 0 Å². The van der Waals surface area contributed by atoms with E-state index in [-0.39, 0.29) is 14.4 Å². The Bertz CT molecular complexity index is 667. The molecule has 0 saturated heterocycles. The second-order valence-electron chi connectivity index (χ2n) is 8.73. The standard InChI is InChI=1S/C27H41O2P/c1-4-5-6-7-8-9-10-11-12-16-23-28-30-29-26-21-19-25(20-22-26)27(2,3)24-17-14-13-15-18-24/h13-15,17-22,30H,4-12,16,23H2,1-3H3. The highest BCUT2D eigenvalue weighted by molar-refractivity contribution is 7.26. The predicted octanol–water partition coefficient (Wildman–Crippen LogP) is 8.84. The van der Waals surface area contributed by atoms with Gasteiger partial charge in [-0.15, -0.1) is 0 Å². The summed E-state index contributed by atoms with van der Waals surface area (Å²) < 4.78 is 11.5. The van der Waals surface area contributed by atoms with Crippen molar-refractivity contribution in [1.82, 2.24) is 0 Å². The maximum Gasteiger partial charge on any atom is 0.215 e. The second-order valence-corrected chi connectivity index (χ2v) is 9.39. The van der Waals surface area contributed by atoms with E-state index in [4.69, 9.17) is 9.05 Å². The maximum absolute atomic E-state index is 5.78. The molecule has 2 aromatic rings. The van der Waals surface area contributed by atoms with E-state index in [9.17, 15) is 0 Å². The van der Waals surface area contributed by atoms with Crippen molar-refractivity contribution >= 4 is 9.03 Å². The van der Waals surface area contributed by atoms with Crippen LogP contribution >= 0.6 is 9.03 Å². The van der Waals surface area contributed by atoms with Crippen molar-refractivity contribution in [2.45, 2.75) is 90.4 Å². The molecule has 0 aliphatic carbocycles. The van der Waals surface area contributed by atoms with Gasteiger partial charge in [-0.05, 0) is 29.7 Å². The highest BCUT2D eigenvalue weighted by Crippen LogP contribution is 2.33. The molecular weight excluding hydrogens is 387 g/mol. The van der Waals surface area contributed by atoms with Gasteiger partial charge in [0.05, 0.1) is 6.61 Å². The zero-order chi connectivity index (χ0) is 21.5. The molecule has 0 fully saturated rings. The Labute approximate surface area is 186 Å². The summed E-state index contributed by atoms with van der Waals surface area (Å²) in [6.07, 6.45) is 13.5. The van der Waals surface area contributed by atoms with E-state index in [1.54, 1.807) is 0 Å². The highest BCUT2D eigenvalue weighted by Gasteiger charge is 2.22. The van der Waals surface area contributed by atoms with Crippen LogP contribution in [0.3, 0.4) is 0 Å². The molecule has 0 saturated carbocycles. The van der Waals surface area contributed by atoms with Crippen LogP contribution in [0.4, 0.5) is 0 Å². The van der Waals surface area contributed by atoms with E-state index in [0.717, 1.165) is 18.8 Å². The fourth-order valence-electron chi connectivity index (χ4n) is 3.74. The zero-order valence-corrected chi connectivity index (χ0v) is 20.3. The smallest absolute Gasteiger partial charge is 0.215 e. The Hall–Kier alpha value is -1.37. The molecule has 0 heterocycles. The first kappa shape index (κ1) is 24.9. The average molecular weight is 429 g/mol. The van der Waals surface area contributed by atoms with Crippen LogP contribution in [-0.4, -0.2) is 6.61 Å². The molecule has 0 aromatic heterocycles. The monoisotopic (exact) mass is 428 g/mol. The molecule has 2 rings (SSSR count). The highest BCUT2D eigenvalue weighted by atomic mass is 31.1. The topological polar surface area (TPSA) is 18.5 Å². The Morgan fingerprint density at radius 1 is 0.667 bits per heavy atom. The molecule has 1 unspecified atom stereocenters. The molecule has 0 bridgehead atoms. The van der Waals surface area contributed by atoms with Crippen molar-refractivity contribution in [3.05, 3.63) is 65.7 Å². The van der Waals surface area contributed by atoms with Gasteiger partial charge in [-0.25, -0.2) is 0 Å². The fraction of sp³-hybridized carbons (Fsp3) is 0.556. The summed E-state index contributed by atoms with van der Waals surface area (Å²) in [6, 6.07) is 19.1. The molecule has 0 amide bonds. The largest absolute Gasteiger partial charge is 0.450 e. The number of hydrogen-bond acceptors (Lipinski definition) is 2. The van der Waals surface area contributed by atoms with Crippen LogP contribution in [0.2, 0.25) is 0 Å². The quantitative estimate of drug-likeness (QED) is 0.196. The van der Waals surface area contributed by atoms with Crippen molar-refractivity contribution in [3.63, 3.8) is 0 Å². The third-order valence-corrected chi connectivity index (χ3v) is 6.53. The molecule has 0 aliphatic heterocycles. The number of rotatable bonds is 16. The predicted molar refractivity (Wildman–Crippen MR) is 132 cm³/mol. The van der Waals surface area contributed by atoms with Crippen molar-refractivity contribution in [2.24, 2.45) is 0 Å². The Balaban J connectivity index is 1.54. The van der Waals surface area contributed by atoms with Gasteiger partial charge in [-0.3, -0.25) is 0 Å². The third kappa shape index (κ3) is 9.19. The molecule has 2 aromatic carbocycles. The molecule has 0 N–H and O–H groups in total. The van der Waals surface area contributed by atoms with Crippen LogP contribution < -0.4 is 4.52 Å². The van der Waals surface area contributed by atoms with Gasteiger partial charge in [0.15, 0.2) is 0 Å². The molecule has 30 heavy (non-hydrogen) atoms. The van der Waals surface area contributed by atoms with E-state index in [1.807, 2.05) is 0 Å². The van der Waals surface area contributed by atoms with Crippen molar-refractivity contribution in [3.8, 4) is 5.75 Å². The first-order chi connectivity index (χ1) is 14.6. The minimum Gasteiger partial charge on any atom is -0.450 e.